The average Bonchev–Trinajstić information content (AvgIpc) is 3.30. The molecule has 0 radical (unpaired) electrons. The molecular formula is C21H20FN3O2. The van der Waals surface area contributed by atoms with Crippen LogP contribution < -0.4 is 0 Å². The highest BCUT2D eigenvalue weighted by Gasteiger charge is 2.34. The van der Waals surface area contributed by atoms with E-state index in [9.17, 15) is 9.18 Å². The van der Waals surface area contributed by atoms with Gasteiger partial charge in [-0.05, 0) is 30.5 Å². The van der Waals surface area contributed by atoms with Crippen molar-refractivity contribution in [2.75, 3.05) is 13.1 Å². The number of likely N-dealkylation sites (tertiary alicyclic amines) is 1. The zero-order chi connectivity index (χ0) is 18.6. The summed E-state index contributed by atoms with van der Waals surface area (Å²) in [6.07, 6.45) is 2.23. The molecule has 1 unspecified atom stereocenters. The second kappa shape index (κ2) is 7.70. The van der Waals surface area contributed by atoms with Gasteiger partial charge in [0.15, 0.2) is 0 Å². The van der Waals surface area contributed by atoms with Gasteiger partial charge in [0.1, 0.15) is 5.82 Å². The van der Waals surface area contributed by atoms with Crippen LogP contribution >= 0.6 is 0 Å². The van der Waals surface area contributed by atoms with E-state index in [1.165, 1.54) is 17.7 Å². The largest absolute Gasteiger partial charge is 0.342 e. The minimum Gasteiger partial charge on any atom is -0.342 e. The molecule has 27 heavy (non-hydrogen) atoms. The topological polar surface area (TPSA) is 59.2 Å². The molecule has 1 aliphatic heterocycles. The molecule has 5 nitrogen and oxygen atoms in total. The third-order valence-corrected chi connectivity index (χ3v) is 4.82. The highest BCUT2D eigenvalue weighted by atomic mass is 19.1. The zero-order valence-electron chi connectivity index (χ0n) is 14.8. The average molecular weight is 365 g/mol. The number of rotatable bonds is 6. The summed E-state index contributed by atoms with van der Waals surface area (Å²) in [6.45, 7) is 1.30. The van der Waals surface area contributed by atoms with E-state index in [4.69, 9.17) is 4.52 Å². The molecule has 6 heteroatoms. The van der Waals surface area contributed by atoms with Crippen LogP contribution in [-0.4, -0.2) is 34.0 Å². The van der Waals surface area contributed by atoms with Crippen molar-refractivity contribution in [1.82, 2.24) is 15.0 Å². The summed E-state index contributed by atoms with van der Waals surface area (Å²) in [6, 6.07) is 16.3. The maximum atomic E-state index is 13.4. The molecule has 138 valence electrons. The van der Waals surface area contributed by atoms with Gasteiger partial charge < -0.3 is 9.42 Å². The molecule has 0 bridgehead atoms. The minimum absolute atomic E-state index is 0.107. The van der Waals surface area contributed by atoms with Crippen molar-refractivity contribution in [2.24, 2.45) is 0 Å². The van der Waals surface area contributed by atoms with Crippen LogP contribution in [0, 0.1) is 5.82 Å². The molecule has 2 aromatic carbocycles. The second-order valence-electron chi connectivity index (χ2n) is 6.80. The zero-order valence-corrected chi connectivity index (χ0v) is 14.8. The van der Waals surface area contributed by atoms with E-state index in [1.54, 1.807) is 12.1 Å². The number of nitrogens with zero attached hydrogens (tertiary/aromatic N) is 3. The van der Waals surface area contributed by atoms with E-state index in [1.807, 2.05) is 23.1 Å². The number of halogens is 1. The second-order valence-corrected chi connectivity index (χ2v) is 6.80. The number of carbonyl (C=O) groups excluding carboxylic acids is 1. The Morgan fingerprint density at radius 2 is 2.00 bits per heavy atom. The van der Waals surface area contributed by atoms with Gasteiger partial charge in [0.25, 0.3) is 0 Å². The maximum absolute atomic E-state index is 13.4. The summed E-state index contributed by atoms with van der Waals surface area (Å²) in [5.74, 6) is 0.440. The molecule has 0 spiro atoms. The van der Waals surface area contributed by atoms with E-state index in [0.29, 0.717) is 30.2 Å². The number of carbonyl (C=O) groups is 1. The Bertz CT molecular complexity index is 926. The number of benzene rings is 2. The number of hydrogen-bond donors (Lipinski definition) is 0. The van der Waals surface area contributed by atoms with Gasteiger partial charge in [-0.2, -0.15) is 4.98 Å². The first-order valence-corrected chi connectivity index (χ1v) is 9.10. The first-order valence-electron chi connectivity index (χ1n) is 9.10. The maximum Gasteiger partial charge on any atom is 0.232 e. The van der Waals surface area contributed by atoms with Crippen molar-refractivity contribution < 1.29 is 13.7 Å². The van der Waals surface area contributed by atoms with Crippen molar-refractivity contribution in [3.8, 4) is 11.4 Å². The predicted octanol–water partition coefficient (Wildman–Crippen LogP) is 3.82. The monoisotopic (exact) mass is 365 g/mol. The lowest BCUT2D eigenvalue weighted by molar-refractivity contribution is -0.127. The third kappa shape index (κ3) is 4.05. The molecule has 1 fully saturated rings. The van der Waals surface area contributed by atoms with Crippen LogP contribution in [0.5, 0.6) is 0 Å². The van der Waals surface area contributed by atoms with Crippen LogP contribution in [0.4, 0.5) is 4.39 Å². The minimum atomic E-state index is -0.348. The summed E-state index contributed by atoms with van der Waals surface area (Å²) >= 11 is 0. The number of aromatic nitrogens is 2. The first-order chi connectivity index (χ1) is 13.2. The van der Waals surface area contributed by atoms with Gasteiger partial charge in [-0.1, -0.05) is 47.6 Å². The van der Waals surface area contributed by atoms with Crippen LogP contribution in [0.2, 0.25) is 0 Å². The molecule has 3 aromatic rings. The van der Waals surface area contributed by atoms with Gasteiger partial charge in [-0.15, -0.1) is 0 Å². The van der Waals surface area contributed by atoms with Crippen molar-refractivity contribution in [3.05, 3.63) is 71.9 Å². The summed E-state index contributed by atoms with van der Waals surface area (Å²) in [4.78, 5) is 18.5. The van der Waals surface area contributed by atoms with Crippen LogP contribution in [0.25, 0.3) is 11.4 Å². The standard InChI is InChI=1S/C21H20FN3O2/c22-18-10-4-9-16(12-18)20-23-21(27-24-20)17-13-19(26)25(14-17)11-5-8-15-6-2-1-3-7-15/h1-4,6-7,9-10,12,17H,5,8,11,13-14H2. The highest BCUT2D eigenvalue weighted by Crippen LogP contribution is 2.29. The van der Waals surface area contributed by atoms with E-state index >= 15 is 0 Å². The Balaban J connectivity index is 1.36. The van der Waals surface area contributed by atoms with Crippen molar-refractivity contribution in [2.45, 2.75) is 25.2 Å². The number of hydrogen-bond acceptors (Lipinski definition) is 4. The summed E-state index contributed by atoms with van der Waals surface area (Å²) in [5.41, 5.74) is 1.84. The molecule has 0 N–H and O–H groups in total. The molecule has 4 rings (SSSR count). The molecule has 0 saturated carbocycles. The SMILES string of the molecule is O=C1CC(c2nc(-c3cccc(F)c3)no2)CN1CCCc1ccccc1. The molecule has 0 aliphatic carbocycles. The van der Waals surface area contributed by atoms with E-state index in [0.717, 1.165) is 19.4 Å². The van der Waals surface area contributed by atoms with Gasteiger partial charge in [0, 0.05) is 25.1 Å². The van der Waals surface area contributed by atoms with Crippen molar-refractivity contribution in [3.63, 3.8) is 0 Å². The van der Waals surface area contributed by atoms with Crippen LogP contribution in [0.3, 0.4) is 0 Å². The quantitative estimate of drug-likeness (QED) is 0.666. The van der Waals surface area contributed by atoms with Crippen molar-refractivity contribution in [1.29, 1.82) is 0 Å². The van der Waals surface area contributed by atoms with Crippen LogP contribution in [0.15, 0.2) is 59.1 Å². The fourth-order valence-electron chi connectivity index (χ4n) is 3.42. The lowest BCUT2D eigenvalue weighted by atomic mass is 10.1. The Labute approximate surface area is 156 Å². The molecule has 1 saturated heterocycles. The van der Waals surface area contributed by atoms with Crippen LogP contribution in [0.1, 0.15) is 30.2 Å². The van der Waals surface area contributed by atoms with E-state index in [2.05, 4.69) is 22.3 Å². The first kappa shape index (κ1) is 17.4. The summed E-state index contributed by atoms with van der Waals surface area (Å²) < 4.78 is 18.7. The number of aryl methyl sites for hydroxylation is 1. The van der Waals surface area contributed by atoms with E-state index < -0.39 is 0 Å². The summed E-state index contributed by atoms with van der Waals surface area (Å²) in [5, 5.41) is 3.94. The van der Waals surface area contributed by atoms with Gasteiger partial charge in [0.05, 0.1) is 5.92 Å². The molecule has 1 aromatic heterocycles. The van der Waals surface area contributed by atoms with Gasteiger partial charge in [-0.25, -0.2) is 4.39 Å². The summed E-state index contributed by atoms with van der Waals surface area (Å²) in [7, 11) is 0. The molecule has 2 heterocycles. The van der Waals surface area contributed by atoms with Gasteiger partial charge >= 0.3 is 0 Å². The smallest absolute Gasteiger partial charge is 0.232 e. The fraction of sp³-hybridized carbons (Fsp3) is 0.286. The van der Waals surface area contributed by atoms with Crippen LogP contribution in [-0.2, 0) is 11.2 Å². The Hall–Kier alpha value is -3.02. The lowest BCUT2D eigenvalue weighted by Gasteiger charge is -2.15. The molecular weight excluding hydrogens is 345 g/mol. The molecule has 1 atom stereocenters. The van der Waals surface area contributed by atoms with E-state index in [-0.39, 0.29) is 17.6 Å². The predicted molar refractivity (Wildman–Crippen MR) is 98.4 cm³/mol. The lowest BCUT2D eigenvalue weighted by Crippen LogP contribution is -2.26. The van der Waals surface area contributed by atoms with Crippen molar-refractivity contribution >= 4 is 5.91 Å². The molecule has 1 aliphatic rings. The number of amides is 1. The Morgan fingerprint density at radius 3 is 2.81 bits per heavy atom. The fourth-order valence-corrected chi connectivity index (χ4v) is 3.42. The normalized spacial score (nSPS) is 16.9. The highest BCUT2D eigenvalue weighted by molar-refractivity contribution is 5.79. The third-order valence-electron chi connectivity index (χ3n) is 4.82. The van der Waals surface area contributed by atoms with Gasteiger partial charge in [0.2, 0.25) is 17.6 Å². The molecule has 1 amide bonds. The Morgan fingerprint density at radius 1 is 1.15 bits per heavy atom. The Kier molecular flexibility index (Phi) is 4.96. The van der Waals surface area contributed by atoms with Gasteiger partial charge in [-0.3, -0.25) is 4.79 Å².